The van der Waals surface area contributed by atoms with Crippen LogP contribution in [0, 0.1) is 0 Å². The molecule has 0 aliphatic carbocycles. The van der Waals surface area contributed by atoms with Gasteiger partial charge in [0.15, 0.2) is 6.10 Å². The largest absolute Gasteiger partial charge is 0.462 e. The van der Waals surface area contributed by atoms with Crippen LogP contribution in [0.25, 0.3) is 0 Å². The van der Waals surface area contributed by atoms with Crippen LogP contribution in [-0.2, 0) is 28.6 Å². The van der Waals surface area contributed by atoms with Crippen LogP contribution in [0.2, 0.25) is 0 Å². The van der Waals surface area contributed by atoms with Crippen LogP contribution in [0.3, 0.4) is 0 Å². The first-order valence-electron chi connectivity index (χ1n) is 22.8. The SMILES string of the molecule is CC\C=C/C=C\C=C/C=C\C=C/CCCCCC(=O)OCC(COC(=O)CCCCCCC/C=C\CCCCC)OC(=O)CCCCCCC/C=C\C/C=C\CC. The minimum atomic E-state index is -0.804. The molecule has 57 heavy (non-hydrogen) atoms. The molecule has 0 aromatic rings. The van der Waals surface area contributed by atoms with Crippen molar-refractivity contribution in [2.24, 2.45) is 0 Å². The van der Waals surface area contributed by atoms with Crippen molar-refractivity contribution in [3.05, 3.63) is 97.2 Å². The van der Waals surface area contributed by atoms with E-state index in [1.54, 1.807) is 0 Å². The fourth-order valence-corrected chi connectivity index (χ4v) is 5.79. The van der Waals surface area contributed by atoms with Crippen LogP contribution in [0.1, 0.15) is 188 Å². The highest BCUT2D eigenvalue weighted by Crippen LogP contribution is 2.12. The van der Waals surface area contributed by atoms with E-state index in [0.717, 1.165) is 116 Å². The van der Waals surface area contributed by atoms with Gasteiger partial charge in [-0.05, 0) is 89.9 Å². The number of ether oxygens (including phenoxy) is 3. The van der Waals surface area contributed by atoms with E-state index in [4.69, 9.17) is 14.2 Å². The highest BCUT2D eigenvalue weighted by Gasteiger charge is 2.19. The fourth-order valence-electron chi connectivity index (χ4n) is 5.79. The van der Waals surface area contributed by atoms with E-state index < -0.39 is 6.10 Å². The second-order valence-electron chi connectivity index (χ2n) is 14.7. The standard InChI is InChI=1S/C51H82O6/c1-4-7-10-13-16-19-22-25-26-27-30-32-35-38-41-44-50(53)56-47-48(57-51(54)45-42-39-36-33-29-24-21-18-15-12-9-6-3)46-55-49(52)43-40-37-34-31-28-23-20-17-14-11-8-5-2/h7,9-10,12-13,16-22,25-27,30,48H,4-6,8,11,14-15,23-24,28-29,31-47H2,1-3H3/b10-7-,12-9-,16-13-,20-17-,21-18-,22-19-,26-25-,30-27-. The van der Waals surface area contributed by atoms with E-state index in [9.17, 15) is 14.4 Å². The minimum Gasteiger partial charge on any atom is -0.462 e. The van der Waals surface area contributed by atoms with Crippen LogP contribution < -0.4 is 0 Å². The molecule has 0 amide bonds. The second-order valence-corrected chi connectivity index (χ2v) is 14.7. The Kier molecular flexibility index (Phi) is 42.1. The summed E-state index contributed by atoms with van der Waals surface area (Å²) in [5.41, 5.74) is 0. The van der Waals surface area contributed by atoms with Crippen molar-refractivity contribution >= 4 is 17.9 Å². The van der Waals surface area contributed by atoms with Gasteiger partial charge in [-0.15, -0.1) is 0 Å². The van der Waals surface area contributed by atoms with E-state index in [0.29, 0.717) is 19.3 Å². The molecular weight excluding hydrogens is 709 g/mol. The summed E-state index contributed by atoms with van der Waals surface area (Å²) >= 11 is 0. The molecule has 1 unspecified atom stereocenters. The molecule has 0 saturated heterocycles. The number of hydrogen-bond acceptors (Lipinski definition) is 6. The first kappa shape index (κ1) is 53.3. The molecule has 0 saturated carbocycles. The number of hydrogen-bond donors (Lipinski definition) is 0. The Morgan fingerprint density at radius 2 is 0.772 bits per heavy atom. The summed E-state index contributed by atoms with van der Waals surface area (Å²) in [5, 5.41) is 0. The predicted molar refractivity (Wildman–Crippen MR) is 242 cm³/mol. The summed E-state index contributed by atoms with van der Waals surface area (Å²) in [6.07, 6.45) is 58.1. The Morgan fingerprint density at radius 3 is 1.30 bits per heavy atom. The molecule has 6 heteroatoms. The van der Waals surface area contributed by atoms with Gasteiger partial charge < -0.3 is 14.2 Å². The van der Waals surface area contributed by atoms with Gasteiger partial charge in [-0.2, -0.15) is 0 Å². The summed E-state index contributed by atoms with van der Waals surface area (Å²) < 4.78 is 16.7. The molecule has 0 N–H and O–H groups in total. The van der Waals surface area contributed by atoms with Crippen molar-refractivity contribution in [1.29, 1.82) is 0 Å². The van der Waals surface area contributed by atoms with Gasteiger partial charge in [-0.1, -0.05) is 176 Å². The minimum absolute atomic E-state index is 0.103. The Balaban J connectivity index is 4.51. The van der Waals surface area contributed by atoms with Crippen molar-refractivity contribution in [2.45, 2.75) is 194 Å². The predicted octanol–water partition coefficient (Wildman–Crippen LogP) is 14.6. The van der Waals surface area contributed by atoms with E-state index in [2.05, 4.69) is 69.4 Å². The summed E-state index contributed by atoms with van der Waals surface area (Å²) in [5.74, 6) is -0.981. The smallest absolute Gasteiger partial charge is 0.306 e. The number of unbranched alkanes of at least 4 members (excludes halogenated alkanes) is 16. The lowest BCUT2D eigenvalue weighted by atomic mass is 10.1. The molecular formula is C51H82O6. The fraction of sp³-hybridized carbons (Fsp3) is 0.627. The van der Waals surface area contributed by atoms with Crippen LogP contribution in [0.15, 0.2) is 97.2 Å². The zero-order valence-electron chi connectivity index (χ0n) is 36.6. The van der Waals surface area contributed by atoms with Crippen LogP contribution in [-0.4, -0.2) is 37.2 Å². The number of rotatable bonds is 39. The van der Waals surface area contributed by atoms with Crippen molar-refractivity contribution in [3.8, 4) is 0 Å². The molecule has 0 bridgehead atoms. The van der Waals surface area contributed by atoms with Gasteiger partial charge in [-0.3, -0.25) is 14.4 Å². The van der Waals surface area contributed by atoms with Gasteiger partial charge in [0, 0.05) is 19.3 Å². The molecule has 0 aromatic carbocycles. The van der Waals surface area contributed by atoms with Gasteiger partial charge in [0.25, 0.3) is 0 Å². The Bertz CT molecular complexity index is 1180. The molecule has 322 valence electrons. The maximum Gasteiger partial charge on any atom is 0.306 e. The number of allylic oxidation sites excluding steroid dienone is 16. The lowest BCUT2D eigenvalue weighted by Gasteiger charge is -2.18. The van der Waals surface area contributed by atoms with Crippen molar-refractivity contribution < 1.29 is 28.6 Å². The van der Waals surface area contributed by atoms with Crippen LogP contribution in [0.4, 0.5) is 0 Å². The van der Waals surface area contributed by atoms with E-state index in [-0.39, 0.29) is 31.1 Å². The third-order valence-corrected chi connectivity index (χ3v) is 9.18. The molecule has 0 radical (unpaired) electrons. The summed E-state index contributed by atoms with van der Waals surface area (Å²) in [7, 11) is 0. The third kappa shape index (κ3) is 43.3. The molecule has 6 nitrogen and oxygen atoms in total. The maximum absolute atomic E-state index is 12.7. The van der Waals surface area contributed by atoms with Crippen LogP contribution >= 0.6 is 0 Å². The van der Waals surface area contributed by atoms with Crippen molar-refractivity contribution in [3.63, 3.8) is 0 Å². The zero-order valence-corrected chi connectivity index (χ0v) is 36.6. The molecule has 0 aliphatic rings. The summed E-state index contributed by atoms with van der Waals surface area (Å²) in [6.45, 7) is 6.27. The van der Waals surface area contributed by atoms with Gasteiger partial charge >= 0.3 is 17.9 Å². The average molecular weight is 791 g/mol. The maximum atomic E-state index is 12.7. The highest BCUT2D eigenvalue weighted by molar-refractivity contribution is 5.71. The average Bonchev–Trinajstić information content (AvgIpc) is 3.21. The van der Waals surface area contributed by atoms with E-state index >= 15 is 0 Å². The van der Waals surface area contributed by atoms with Crippen molar-refractivity contribution in [2.75, 3.05) is 13.2 Å². The lowest BCUT2D eigenvalue weighted by molar-refractivity contribution is -0.167. The molecule has 0 heterocycles. The zero-order chi connectivity index (χ0) is 41.5. The van der Waals surface area contributed by atoms with Crippen LogP contribution in [0.5, 0.6) is 0 Å². The Morgan fingerprint density at radius 1 is 0.386 bits per heavy atom. The van der Waals surface area contributed by atoms with Gasteiger partial charge in [-0.25, -0.2) is 0 Å². The molecule has 0 aromatic heterocycles. The molecule has 0 rings (SSSR count). The third-order valence-electron chi connectivity index (χ3n) is 9.18. The second kappa shape index (κ2) is 45.0. The monoisotopic (exact) mass is 791 g/mol. The molecule has 1 atom stereocenters. The van der Waals surface area contributed by atoms with Gasteiger partial charge in [0.1, 0.15) is 13.2 Å². The summed E-state index contributed by atoms with van der Waals surface area (Å²) in [4.78, 5) is 37.8. The van der Waals surface area contributed by atoms with Gasteiger partial charge in [0.05, 0.1) is 0 Å². The quantitative estimate of drug-likeness (QED) is 0.0203. The topological polar surface area (TPSA) is 78.9 Å². The van der Waals surface area contributed by atoms with E-state index in [1.807, 2.05) is 48.6 Å². The van der Waals surface area contributed by atoms with Crippen molar-refractivity contribution in [1.82, 2.24) is 0 Å². The lowest BCUT2D eigenvalue weighted by Crippen LogP contribution is -2.30. The Hall–Kier alpha value is -3.67. The number of carbonyl (C=O) groups excluding carboxylic acids is 3. The van der Waals surface area contributed by atoms with Gasteiger partial charge in [0.2, 0.25) is 0 Å². The van der Waals surface area contributed by atoms with E-state index in [1.165, 1.54) is 32.1 Å². The summed E-state index contributed by atoms with van der Waals surface area (Å²) in [6, 6.07) is 0. The first-order valence-corrected chi connectivity index (χ1v) is 22.8. The highest BCUT2D eigenvalue weighted by atomic mass is 16.6. The number of carbonyl (C=O) groups is 3. The first-order chi connectivity index (χ1) is 28.0. The number of esters is 3. The Labute approximate surface area is 349 Å². The molecule has 0 fully saturated rings. The molecule has 0 aliphatic heterocycles. The normalized spacial score (nSPS) is 13.0. The molecule has 0 spiro atoms.